The standard InChI is InChI=1S/C23H22BrN3O3/c1-15-12-16(24)8-9-19(15)25-23(30)22(29)18-13-27(20-7-3-2-6-17(18)20)14-21(28)26-10-4-5-11-26/h2-3,6-9,12-13H,4-5,10-11,14H2,1H3,(H,25,30). The van der Waals surface area contributed by atoms with Crippen molar-refractivity contribution >= 4 is 50.1 Å². The molecule has 0 unspecified atom stereocenters. The van der Waals surface area contributed by atoms with Gasteiger partial charge in [-0.15, -0.1) is 0 Å². The minimum Gasteiger partial charge on any atom is -0.341 e. The number of para-hydroxylation sites is 1. The van der Waals surface area contributed by atoms with Crippen LogP contribution >= 0.6 is 15.9 Å². The molecule has 1 fully saturated rings. The Morgan fingerprint density at radius 1 is 1.07 bits per heavy atom. The summed E-state index contributed by atoms with van der Waals surface area (Å²) in [5, 5.41) is 3.37. The summed E-state index contributed by atoms with van der Waals surface area (Å²) < 4.78 is 2.66. The molecule has 3 aromatic rings. The largest absolute Gasteiger partial charge is 0.341 e. The Hall–Kier alpha value is -2.93. The minimum absolute atomic E-state index is 0.0298. The zero-order chi connectivity index (χ0) is 21.3. The van der Waals surface area contributed by atoms with Crippen LogP contribution in [0.15, 0.2) is 53.1 Å². The Bertz CT molecular complexity index is 1150. The van der Waals surface area contributed by atoms with Crippen molar-refractivity contribution in [1.29, 1.82) is 0 Å². The van der Waals surface area contributed by atoms with E-state index in [1.165, 1.54) is 0 Å². The first-order chi connectivity index (χ1) is 14.4. The second-order valence-electron chi connectivity index (χ2n) is 7.52. The Morgan fingerprint density at radius 3 is 2.53 bits per heavy atom. The van der Waals surface area contributed by atoms with Crippen LogP contribution in [-0.2, 0) is 16.1 Å². The molecular weight excluding hydrogens is 446 g/mol. The van der Waals surface area contributed by atoms with Gasteiger partial charge in [-0.1, -0.05) is 34.1 Å². The fourth-order valence-corrected chi connectivity index (χ4v) is 4.32. The van der Waals surface area contributed by atoms with Crippen LogP contribution in [0.3, 0.4) is 0 Å². The molecule has 1 N–H and O–H groups in total. The summed E-state index contributed by atoms with van der Waals surface area (Å²) in [6, 6.07) is 12.8. The number of aromatic nitrogens is 1. The van der Waals surface area contributed by atoms with Gasteiger partial charge in [-0.2, -0.15) is 0 Å². The predicted molar refractivity (Wildman–Crippen MR) is 120 cm³/mol. The molecule has 0 spiro atoms. The van der Waals surface area contributed by atoms with Gasteiger partial charge in [0.15, 0.2) is 0 Å². The molecule has 1 aliphatic heterocycles. The van der Waals surface area contributed by atoms with E-state index < -0.39 is 11.7 Å². The van der Waals surface area contributed by atoms with Crippen molar-refractivity contribution in [2.75, 3.05) is 18.4 Å². The van der Waals surface area contributed by atoms with Crippen molar-refractivity contribution in [1.82, 2.24) is 9.47 Å². The van der Waals surface area contributed by atoms with E-state index in [2.05, 4.69) is 21.2 Å². The molecule has 2 heterocycles. The topological polar surface area (TPSA) is 71.4 Å². The summed E-state index contributed by atoms with van der Waals surface area (Å²) in [7, 11) is 0. The van der Waals surface area contributed by atoms with E-state index >= 15 is 0 Å². The molecule has 1 saturated heterocycles. The number of rotatable bonds is 5. The number of nitrogens with one attached hydrogen (secondary N) is 1. The number of benzene rings is 2. The van der Waals surface area contributed by atoms with Crippen molar-refractivity contribution in [3.05, 3.63) is 64.3 Å². The van der Waals surface area contributed by atoms with Crippen molar-refractivity contribution in [2.45, 2.75) is 26.3 Å². The van der Waals surface area contributed by atoms with Gasteiger partial charge in [0, 0.05) is 40.3 Å². The van der Waals surface area contributed by atoms with Crippen LogP contribution in [0.5, 0.6) is 0 Å². The molecular formula is C23H22BrN3O3. The first-order valence-electron chi connectivity index (χ1n) is 9.91. The molecule has 2 aromatic carbocycles. The Kier molecular flexibility index (Phi) is 5.72. The number of carbonyl (C=O) groups is 3. The number of halogens is 1. The molecule has 0 saturated carbocycles. The average molecular weight is 468 g/mol. The number of hydrogen-bond acceptors (Lipinski definition) is 3. The highest BCUT2D eigenvalue weighted by Crippen LogP contribution is 2.24. The Balaban J connectivity index is 1.60. The lowest BCUT2D eigenvalue weighted by Crippen LogP contribution is -2.30. The molecule has 1 aromatic heterocycles. The number of anilines is 1. The second kappa shape index (κ2) is 8.44. The molecule has 30 heavy (non-hydrogen) atoms. The molecule has 0 atom stereocenters. The third-order valence-corrected chi connectivity index (χ3v) is 5.93. The predicted octanol–water partition coefficient (Wildman–Crippen LogP) is 4.16. The number of aryl methyl sites for hydroxylation is 1. The molecule has 2 amide bonds. The summed E-state index contributed by atoms with van der Waals surface area (Å²) in [5.74, 6) is -1.29. The highest BCUT2D eigenvalue weighted by atomic mass is 79.9. The fraction of sp³-hybridized carbons (Fsp3) is 0.261. The second-order valence-corrected chi connectivity index (χ2v) is 8.43. The van der Waals surface area contributed by atoms with Gasteiger partial charge in [0.1, 0.15) is 6.54 Å². The lowest BCUT2D eigenvalue weighted by Gasteiger charge is -2.15. The van der Waals surface area contributed by atoms with Crippen LogP contribution in [0.1, 0.15) is 28.8 Å². The molecule has 0 radical (unpaired) electrons. The van der Waals surface area contributed by atoms with E-state index in [9.17, 15) is 14.4 Å². The van der Waals surface area contributed by atoms with Crippen molar-refractivity contribution in [3.8, 4) is 0 Å². The van der Waals surface area contributed by atoms with Gasteiger partial charge in [-0.05, 0) is 49.6 Å². The number of amides is 2. The quantitative estimate of drug-likeness (QED) is 0.452. The SMILES string of the molecule is Cc1cc(Br)ccc1NC(=O)C(=O)c1cn(CC(=O)N2CCCC2)c2ccccc12. The number of Topliss-reactive ketones (excluding diaryl/α,β-unsaturated/α-hetero) is 1. The van der Waals surface area contributed by atoms with Crippen LogP contribution in [0.25, 0.3) is 10.9 Å². The van der Waals surface area contributed by atoms with E-state index in [1.54, 1.807) is 22.9 Å². The number of likely N-dealkylation sites (tertiary alicyclic amines) is 1. The van der Waals surface area contributed by atoms with Gasteiger partial charge in [0.25, 0.3) is 11.7 Å². The van der Waals surface area contributed by atoms with Gasteiger partial charge >= 0.3 is 0 Å². The van der Waals surface area contributed by atoms with Crippen LogP contribution in [0.2, 0.25) is 0 Å². The van der Waals surface area contributed by atoms with Crippen molar-refractivity contribution < 1.29 is 14.4 Å². The molecule has 1 aliphatic rings. The summed E-state index contributed by atoms with van der Waals surface area (Å²) in [5.41, 5.74) is 2.50. The third-order valence-electron chi connectivity index (χ3n) is 5.44. The van der Waals surface area contributed by atoms with Gasteiger partial charge in [0.05, 0.1) is 5.56 Å². The third kappa shape index (κ3) is 4.03. The highest BCUT2D eigenvalue weighted by Gasteiger charge is 2.24. The maximum absolute atomic E-state index is 13.0. The van der Waals surface area contributed by atoms with E-state index in [1.807, 2.05) is 42.2 Å². The lowest BCUT2D eigenvalue weighted by atomic mass is 10.1. The highest BCUT2D eigenvalue weighted by molar-refractivity contribution is 9.10. The van der Waals surface area contributed by atoms with Gasteiger partial charge in [-0.25, -0.2) is 0 Å². The zero-order valence-electron chi connectivity index (χ0n) is 16.7. The summed E-state index contributed by atoms with van der Waals surface area (Å²) in [4.78, 5) is 40.1. The van der Waals surface area contributed by atoms with Gasteiger partial charge in [0.2, 0.25) is 5.91 Å². The maximum Gasteiger partial charge on any atom is 0.296 e. The van der Waals surface area contributed by atoms with Gasteiger partial charge in [-0.3, -0.25) is 14.4 Å². The number of ketones is 1. The Labute approximate surface area is 183 Å². The first-order valence-corrected chi connectivity index (χ1v) is 10.7. The molecule has 7 heteroatoms. The summed E-state index contributed by atoms with van der Waals surface area (Å²) in [6.45, 7) is 3.57. The van der Waals surface area contributed by atoms with Crippen molar-refractivity contribution in [2.24, 2.45) is 0 Å². The number of fused-ring (bicyclic) bond motifs is 1. The Morgan fingerprint density at radius 2 is 1.80 bits per heavy atom. The maximum atomic E-state index is 13.0. The van der Waals surface area contributed by atoms with Crippen molar-refractivity contribution in [3.63, 3.8) is 0 Å². The van der Waals surface area contributed by atoms with E-state index in [-0.39, 0.29) is 12.5 Å². The molecule has 154 valence electrons. The number of carbonyl (C=O) groups excluding carboxylic acids is 3. The monoisotopic (exact) mass is 467 g/mol. The molecule has 6 nitrogen and oxygen atoms in total. The summed E-state index contributed by atoms with van der Waals surface area (Å²) >= 11 is 3.39. The molecule has 0 bridgehead atoms. The minimum atomic E-state index is -0.700. The zero-order valence-corrected chi connectivity index (χ0v) is 18.2. The fourth-order valence-electron chi connectivity index (χ4n) is 3.84. The van der Waals surface area contributed by atoms with Crippen LogP contribution in [0, 0.1) is 6.92 Å². The van der Waals surface area contributed by atoms with E-state index in [0.29, 0.717) is 16.6 Å². The molecule has 4 rings (SSSR count). The van der Waals surface area contributed by atoms with Crippen LogP contribution < -0.4 is 5.32 Å². The van der Waals surface area contributed by atoms with E-state index in [4.69, 9.17) is 0 Å². The lowest BCUT2D eigenvalue weighted by molar-refractivity contribution is -0.130. The normalized spacial score (nSPS) is 13.6. The number of hydrogen-bond donors (Lipinski definition) is 1. The van der Waals surface area contributed by atoms with Gasteiger partial charge < -0.3 is 14.8 Å². The summed E-state index contributed by atoms with van der Waals surface area (Å²) in [6.07, 6.45) is 3.67. The van der Waals surface area contributed by atoms with Crippen LogP contribution in [0.4, 0.5) is 5.69 Å². The smallest absolute Gasteiger partial charge is 0.296 e. The molecule has 0 aliphatic carbocycles. The first kappa shape index (κ1) is 20.3. The van der Waals surface area contributed by atoms with Crippen LogP contribution in [-0.4, -0.2) is 40.2 Å². The average Bonchev–Trinajstić information content (AvgIpc) is 3.38. The number of nitrogens with zero attached hydrogens (tertiary/aromatic N) is 2. The van der Waals surface area contributed by atoms with E-state index in [0.717, 1.165) is 41.5 Å².